The second-order valence-electron chi connectivity index (χ2n) is 4.29. The van der Waals surface area contributed by atoms with Gasteiger partial charge in [0.2, 0.25) is 0 Å². The first-order chi connectivity index (χ1) is 7.50. The number of nitrogens with one attached hydrogen (secondary N) is 1. The van der Waals surface area contributed by atoms with Gasteiger partial charge >= 0.3 is 6.18 Å². The van der Waals surface area contributed by atoms with Crippen LogP contribution in [0.15, 0.2) is 10.2 Å². The van der Waals surface area contributed by atoms with Crippen molar-refractivity contribution in [3.8, 4) is 0 Å². The van der Waals surface area contributed by atoms with Crippen LogP contribution in [0.1, 0.15) is 19.8 Å². The molecule has 0 radical (unpaired) electrons. The normalized spacial score (nSPS) is 31.2. The van der Waals surface area contributed by atoms with Crippen molar-refractivity contribution in [2.75, 3.05) is 13.1 Å². The van der Waals surface area contributed by atoms with E-state index < -0.39 is 17.8 Å². The third-order valence-corrected chi connectivity index (χ3v) is 3.21. The molecule has 0 spiro atoms. The van der Waals surface area contributed by atoms with E-state index in [0.29, 0.717) is 6.54 Å². The zero-order valence-electron chi connectivity index (χ0n) is 9.01. The Morgan fingerprint density at radius 1 is 1.31 bits per heavy atom. The SMILES string of the molecule is CC1C(C(F)(F)F)=NN=C2CNCCCC21. The maximum absolute atomic E-state index is 12.6. The van der Waals surface area contributed by atoms with E-state index in [1.165, 1.54) is 0 Å². The van der Waals surface area contributed by atoms with E-state index in [2.05, 4.69) is 15.5 Å². The number of nitrogens with zero attached hydrogens (tertiary/aromatic N) is 2. The van der Waals surface area contributed by atoms with Crippen molar-refractivity contribution in [3.05, 3.63) is 0 Å². The van der Waals surface area contributed by atoms with Crippen LogP contribution in [-0.2, 0) is 0 Å². The molecule has 0 aromatic carbocycles. The predicted molar refractivity (Wildman–Crippen MR) is 55.7 cm³/mol. The zero-order valence-corrected chi connectivity index (χ0v) is 9.01. The molecular weight excluding hydrogens is 219 g/mol. The zero-order chi connectivity index (χ0) is 11.8. The fourth-order valence-corrected chi connectivity index (χ4v) is 2.32. The van der Waals surface area contributed by atoms with E-state index in [9.17, 15) is 13.2 Å². The maximum Gasteiger partial charge on any atom is 0.431 e. The lowest BCUT2D eigenvalue weighted by Crippen LogP contribution is -2.40. The summed E-state index contributed by atoms with van der Waals surface area (Å²) in [4.78, 5) is 0. The molecule has 0 bridgehead atoms. The summed E-state index contributed by atoms with van der Waals surface area (Å²) in [6.45, 7) is 2.99. The summed E-state index contributed by atoms with van der Waals surface area (Å²) in [5, 5.41) is 10.2. The molecule has 90 valence electrons. The standard InChI is InChI=1S/C10H14F3N3/c1-6-7-3-2-4-14-5-8(7)15-16-9(6)10(11,12)13/h6-7,14H,2-5H2,1H3. The minimum Gasteiger partial charge on any atom is -0.311 e. The molecule has 2 atom stereocenters. The van der Waals surface area contributed by atoms with Crippen LogP contribution in [0.25, 0.3) is 0 Å². The topological polar surface area (TPSA) is 36.8 Å². The average molecular weight is 233 g/mol. The summed E-state index contributed by atoms with van der Waals surface area (Å²) in [6, 6.07) is 0. The van der Waals surface area contributed by atoms with Crippen LogP contribution < -0.4 is 5.32 Å². The highest BCUT2D eigenvalue weighted by Gasteiger charge is 2.44. The van der Waals surface area contributed by atoms with Crippen molar-refractivity contribution < 1.29 is 13.2 Å². The van der Waals surface area contributed by atoms with Crippen LogP contribution in [0.4, 0.5) is 13.2 Å². The Morgan fingerprint density at radius 2 is 2.06 bits per heavy atom. The van der Waals surface area contributed by atoms with Gasteiger partial charge in [0.15, 0.2) is 0 Å². The number of hydrogen-bond acceptors (Lipinski definition) is 3. The molecule has 1 N–H and O–H groups in total. The Bertz CT molecular complexity index is 333. The second kappa shape index (κ2) is 4.16. The second-order valence-corrected chi connectivity index (χ2v) is 4.29. The molecule has 0 amide bonds. The van der Waals surface area contributed by atoms with Gasteiger partial charge in [-0.1, -0.05) is 6.92 Å². The third-order valence-electron chi connectivity index (χ3n) is 3.21. The van der Waals surface area contributed by atoms with Crippen LogP contribution in [-0.4, -0.2) is 30.7 Å². The third kappa shape index (κ3) is 2.11. The molecule has 2 aliphatic heterocycles. The van der Waals surface area contributed by atoms with E-state index in [1.807, 2.05) is 0 Å². The lowest BCUT2D eigenvalue weighted by Gasteiger charge is -2.28. The van der Waals surface area contributed by atoms with E-state index >= 15 is 0 Å². The molecule has 0 aromatic heterocycles. The summed E-state index contributed by atoms with van der Waals surface area (Å²) in [5.41, 5.74) is 0.0288. The molecule has 3 nitrogen and oxygen atoms in total. The maximum atomic E-state index is 12.6. The van der Waals surface area contributed by atoms with Crippen LogP contribution in [0.5, 0.6) is 0 Å². The van der Waals surface area contributed by atoms with Crippen LogP contribution in [0.2, 0.25) is 0 Å². The van der Waals surface area contributed by atoms with Crippen molar-refractivity contribution in [1.29, 1.82) is 0 Å². The number of halogens is 3. The lowest BCUT2D eigenvalue weighted by atomic mass is 9.82. The molecule has 1 saturated heterocycles. The lowest BCUT2D eigenvalue weighted by molar-refractivity contribution is -0.0637. The van der Waals surface area contributed by atoms with Gasteiger partial charge in [-0.2, -0.15) is 23.4 Å². The van der Waals surface area contributed by atoms with Gasteiger partial charge in [-0.25, -0.2) is 0 Å². The Labute approximate surface area is 91.8 Å². The first kappa shape index (κ1) is 11.6. The molecule has 2 heterocycles. The van der Waals surface area contributed by atoms with E-state index in [4.69, 9.17) is 0 Å². The highest BCUT2D eigenvalue weighted by molar-refractivity contribution is 6.01. The quantitative estimate of drug-likeness (QED) is 0.682. The largest absolute Gasteiger partial charge is 0.431 e. The van der Waals surface area contributed by atoms with E-state index in [1.54, 1.807) is 6.92 Å². The highest BCUT2D eigenvalue weighted by atomic mass is 19.4. The average Bonchev–Trinajstić information content (AvgIpc) is 2.41. The highest BCUT2D eigenvalue weighted by Crippen LogP contribution is 2.33. The molecule has 2 rings (SSSR count). The molecule has 2 unspecified atom stereocenters. The first-order valence-corrected chi connectivity index (χ1v) is 5.42. The van der Waals surface area contributed by atoms with Gasteiger partial charge in [-0.15, -0.1) is 0 Å². The number of alkyl halides is 3. The molecule has 0 aliphatic carbocycles. The Hall–Kier alpha value is -0.910. The number of rotatable bonds is 0. The van der Waals surface area contributed by atoms with Gasteiger partial charge in [-0.05, 0) is 19.4 Å². The molecule has 2 aliphatic rings. The molecule has 6 heteroatoms. The van der Waals surface area contributed by atoms with Gasteiger partial charge in [-0.3, -0.25) is 0 Å². The van der Waals surface area contributed by atoms with Gasteiger partial charge in [0, 0.05) is 18.4 Å². The van der Waals surface area contributed by atoms with E-state index in [0.717, 1.165) is 25.1 Å². The van der Waals surface area contributed by atoms with Crippen molar-refractivity contribution in [2.24, 2.45) is 22.0 Å². The first-order valence-electron chi connectivity index (χ1n) is 5.42. The van der Waals surface area contributed by atoms with Gasteiger partial charge in [0.25, 0.3) is 0 Å². The Kier molecular flexibility index (Phi) is 3.01. The molecule has 1 fully saturated rings. The number of hydrogen-bond donors (Lipinski definition) is 1. The van der Waals surface area contributed by atoms with Crippen molar-refractivity contribution in [3.63, 3.8) is 0 Å². The Balaban J connectivity index is 2.27. The van der Waals surface area contributed by atoms with Crippen molar-refractivity contribution in [1.82, 2.24) is 5.32 Å². The van der Waals surface area contributed by atoms with Crippen molar-refractivity contribution in [2.45, 2.75) is 25.9 Å². The van der Waals surface area contributed by atoms with Crippen LogP contribution in [0.3, 0.4) is 0 Å². The summed E-state index contributed by atoms with van der Waals surface area (Å²) in [7, 11) is 0. The van der Waals surface area contributed by atoms with Crippen molar-refractivity contribution >= 4 is 11.4 Å². The molecule has 16 heavy (non-hydrogen) atoms. The fraction of sp³-hybridized carbons (Fsp3) is 0.800. The predicted octanol–water partition coefficient (Wildman–Crippen LogP) is 2.00. The molecule has 0 saturated carbocycles. The van der Waals surface area contributed by atoms with Crippen LogP contribution in [0, 0.1) is 11.8 Å². The summed E-state index contributed by atoms with van der Waals surface area (Å²) in [6.07, 6.45) is -2.71. The fourth-order valence-electron chi connectivity index (χ4n) is 2.32. The van der Waals surface area contributed by atoms with Gasteiger partial charge in [0.1, 0.15) is 5.71 Å². The van der Waals surface area contributed by atoms with Gasteiger partial charge < -0.3 is 5.32 Å². The number of fused-ring (bicyclic) bond motifs is 1. The summed E-state index contributed by atoms with van der Waals surface area (Å²) < 4.78 is 37.9. The summed E-state index contributed by atoms with van der Waals surface area (Å²) >= 11 is 0. The minimum absolute atomic E-state index is 0.107. The van der Waals surface area contributed by atoms with Gasteiger partial charge in [0.05, 0.1) is 5.71 Å². The molecular formula is C10H14F3N3. The van der Waals surface area contributed by atoms with E-state index in [-0.39, 0.29) is 5.92 Å². The minimum atomic E-state index is -4.35. The van der Waals surface area contributed by atoms with Crippen LogP contribution >= 0.6 is 0 Å². The molecule has 0 aromatic rings. The summed E-state index contributed by atoms with van der Waals surface area (Å²) in [5.74, 6) is -0.684. The Morgan fingerprint density at radius 3 is 2.75 bits per heavy atom. The monoisotopic (exact) mass is 233 g/mol. The smallest absolute Gasteiger partial charge is 0.311 e.